The van der Waals surface area contributed by atoms with E-state index >= 15 is 0 Å². The fourth-order valence-corrected chi connectivity index (χ4v) is 0. The van der Waals surface area contributed by atoms with Gasteiger partial charge in [-0.3, -0.25) is 0 Å². The molecule has 0 saturated carbocycles. The maximum Gasteiger partial charge on any atom is 0.558 e. The molecule has 0 radical (unpaired) electrons. The van der Waals surface area contributed by atoms with Crippen molar-refractivity contribution in [3.05, 3.63) is 0 Å². The minimum atomic E-state index is -4.38. The number of rotatable bonds is 0. The first kappa shape index (κ1) is 31.1. The van der Waals surface area contributed by atoms with Gasteiger partial charge in [-0.25, -0.2) is 0 Å². The Kier molecular flexibility index (Phi) is 47.9. The predicted molar refractivity (Wildman–Crippen MR) is 46.6 cm³/mol. The van der Waals surface area contributed by atoms with E-state index < -0.39 is 35.4 Å². The van der Waals surface area contributed by atoms with Crippen LogP contribution in [0.1, 0.15) is 0 Å². The molecule has 0 saturated heterocycles. The van der Waals surface area contributed by atoms with E-state index in [0.29, 0.717) is 0 Å². The smallest absolute Gasteiger partial charge is 0 e. The molecule has 17 heteroatoms. The molecule has 0 rings (SSSR count). The van der Waals surface area contributed by atoms with Crippen molar-refractivity contribution < 1.29 is 70.8 Å². The summed E-state index contributed by atoms with van der Waals surface area (Å²) in [6, 6.07) is 0. The second-order valence-corrected chi connectivity index (χ2v) is 2.57. The molecule has 0 aliphatic carbocycles. The maximum absolute atomic E-state index is 9.77. The van der Waals surface area contributed by atoms with Gasteiger partial charge in [-0.2, -0.15) is 0 Å². The fraction of sp³-hybridized carbons (Fsp3) is 0. The monoisotopic (exact) mass is 462 g/mol. The van der Waals surface area contributed by atoms with E-state index in [2.05, 4.69) is 0 Å². The van der Waals surface area contributed by atoms with Crippen LogP contribution in [0.5, 0.6) is 0 Å². The van der Waals surface area contributed by atoms with Gasteiger partial charge in [-0.15, -0.1) is 0 Å². The fourth-order valence-electron chi connectivity index (χ4n) is 0. The standard InChI is InChI=1S/4F3HP.Pd/c4*1-4(2)3;/h4*4H;/q4*+1;. The summed E-state index contributed by atoms with van der Waals surface area (Å²) in [6.45, 7) is 0. The molecule has 0 aliphatic rings. The molecule has 0 aromatic rings. The Morgan fingerprint density at radius 2 is 0.294 bits per heavy atom. The molecule has 0 bridgehead atoms. The summed E-state index contributed by atoms with van der Waals surface area (Å²) in [5, 5.41) is 0. The summed E-state index contributed by atoms with van der Waals surface area (Å²) in [7, 11) is -17.5. The van der Waals surface area contributed by atoms with Crippen LogP contribution in [0.25, 0.3) is 0 Å². The van der Waals surface area contributed by atoms with Crippen molar-refractivity contribution in [1.29, 1.82) is 0 Å². The Bertz CT molecular complexity index is 61.5. The maximum atomic E-state index is 9.77. The van der Waals surface area contributed by atoms with E-state index in [0.717, 1.165) is 0 Å². The van der Waals surface area contributed by atoms with Gasteiger partial charge in [0.15, 0.2) is 0 Å². The SMILES string of the molecule is F[PH+](F)F.F[PH+](F)F.F[PH+](F)F.F[PH+](F)F.[Pd]. The summed E-state index contributed by atoms with van der Waals surface area (Å²) in [5.74, 6) is 0. The van der Waals surface area contributed by atoms with Crippen LogP contribution in [-0.2, 0) is 20.4 Å². The molecule has 0 aliphatic heterocycles. The van der Waals surface area contributed by atoms with Gasteiger partial charge in [0.2, 0.25) is 0 Å². The van der Waals surface area contributed by atoms with Gasteiger partial charge in [0, 0.05) is 70.8 Å². The zero-order valence-corrected chi connectivity index (χ0v) is 12.4. The van der Waals surface area contributed by atoms with Crippen LogP contribution < -0.4 is 0 Å². The minimum Gasteiger partial charge on any atom is 0 e. The molecule has 0 unspecified atom stereocenters. The van der Waals surface area contributed by atoms with Crippen LogP contribution in [0, 0.1) is 0 Å². The van der Waals surface area contributed by atoms with E-state index in [4.69, 9.17) is 0 Å². The average molecular weight is 462 g/mol. The average Bonchev–Trinajstić information content (AvgIpc) is 1.76. The second kappa shape index (κ2) is 26.2. The van der Waals surface area contributed by atoms with Gasteiger partial charge < -0.3 is 0 Å². The molecule has 0 aromatic carbocycles. The zero-order valence-electron chi connectivity index (χ0n) is 6.85. The van der Waals surface area contributed by atoms with Crippen molar-refractivity contribution in [2.75, 3.05) is 0 Å². The van der Waals surface area contributed by atoms with Crippen LogP contribution in [0.3, 0.4) is 0 Å². The van der Waals surface area contributed by atoms with Crippen molar-refractivity contribution in [3.8, 4) is 0 Å². The molecule has 0 heterocycles. The molecule has 114 valence electrons. The predicted octanol–water partition coefficient (Wildman–Crippen LogP) is 7.41. The third kappa shape index (κ3) is 1780. The van der Waals surface area contributed by atoms with Crippen LogP contribution in [0.2, 0.25) is 0 Å². The van der Waals surface area contributed by atoms with E-state index in [1.54, 1.807) is 0 Å². The van der Waals surface area contributed by atoms with Gasteiger partial charge in [-0.05, 0) is 0 Å². The summed E-state index contributed by atoms with van der Waals surface area (Å²) < 4.78 is 117. The number of halogens is 12. The molecule has 0 fully saturated rings. The van der Waals surface area contributed by atoms with Crippen molar-refractivity contribution in [3.63, 3.8) is 0 Å². The van der Waals surface area contributed by atoms with Crippen molar-refractivity contribution in [2.45, 2.75) is 0 Å². The third-order valence-corrected chi connectivity index (χ3v) is 0. The number of hydrogen-bond donors (Lipinski definition) is 0. The first-order valence-corrected chi connectivity index (χ1v) is 6.80. The van der Waals surface area contributed by atoms with Gasteiger partial charge in [0.25, 0.3) is 0 Å². The molecular weight excluding hydrogens is 458 g/mol. The zero-order chi connectivity index (χ0) is 14.3. The molecular formula is H4F12P4Pd+4. The van der Waals surface area contributed by atoms with Gasteiger partial charge >= 0.3 is 35.4 Å². The first-order chi connectivity index (χ1) is 6.93. The molecule has 0 aromatic heterocycles. The molecule has 0 nitrogen and oxygen atoms in total. The third-order valence-electron chi connectivity index (χ3n) is 0. The normalized spacial score (nSPS) is 8.47. The molecule has 0 N–H and O–H groups in total. The molecule has 0 spiro atoms. The van der Waals surface area contributed by atoms with Crippen molar-refractivity contribution in [2.24, 2.45) is 0 Å². The van der Waals surface area contributed by atoms with E-state index in [1.807, 2.05) is 0 Å². The Labute approximate surface area is 107 Å². The Morgan fingerprint density at radius 1 is 0.294 bits per heavy atom. The molecule has 0 atom stereocenters. The summed E-state index contributed by atoms with van der Waals surface area (Å²) in [5.41, 5.74) is 0. The Morgan fingerprint density at radius 3 is 0.294 bits per heavy atom. The van der Waals surface area contributed by atoms with Gasteiger partial charge in [0.05, 0.1) is 0 Å². The quantitative estimate of drug-likeness (QED) is 0.200. The molecule has 17 heavy (non-hydrogen) atoms. The van der Waals surface area contributed by atoms with E-state index in [-0.39, 0.29) is 20.4 Å². The van der Waals surface area contributed by atoms with Crippen LogP contribution in [0.15, 0.2) is 0 Å². The van der Waals surface area contributed by atoms with Crippen LogP contribution >= 0.6 is 35.4 Å². The van der Waals surface area contributed by atoms with Gasteiger partial charge in [-0.1, -0.05) is 0 Å². The van der Waals surface area contributed by atoms with Crippen molar-refractivity contribution in [1.82, 2.24) is 0 Å². The Hall–Kier alpha value is 1.54. The minimum absolute atomic E-state index is 0. The van der Waals surface area contributed by atoms with Crippen LogP contribution in [-0.4, -0.2) is 0 Å². The van der Waals surface area contributed by atoms with Crippen molar-refractivity contribution >= 4 is 35.4 Å². The largest absolute Gasteiger partial charge is 0.558 e. The van der Waals surface area contributed by atoms with Gasteiger partial charge in [0.1, 0.15) is 0 Å². The molecule has 0 amide bonds. The Balaban J connectivity index is -0.0000000369. The summed E-state index contributed by atoms with van der Waals surface area (Å²) in [6.07, 6.45) is 0. The number of hydrogen-bond acceptors (Lipinski definition) is 0. The topological polar surface area (TPSA) is 0 Å². The first-order valence-electron chi connectivity index (χ1n) is 2.27. The van der Waals surface area contributed by atoms with E-state index in [9.17, 15) is 50.4 Å². The van der Waals surface area contributed by atoms with E-state index in [1.165, 1.54) is 0 Å². The summed E-state index contributed by atoms with van der Waals surface area (Å²) >= 11 is 0. The summed E-state index contributed by atoms with van der Waals surface area (Å²) in [4.78, 5) is 0. The second-order valence-electron chi connectivity index (χ2n) is 0.857. The van der Waals surface area contributed by atoms with Crippen LogP contribution in [0.4, 0.5) is 50.4 Å².